The topological polar surface area (TPSA) is 46.2 Å². The van der Waals surface area contributed by atoms with Gasteiger partial charge in [-0.15, -0.1) is 0 Å². The largest absolute Gasteiger partial charge is 1.00 e. The van der Waals surface area contributed by atoms with Gasteiger partial charge < -0.3 is 26.8 Å². The number of amides is 1. The zero-order valence-corrected chi connectivity index (χ0v) is 17.0. The molecule has 128 valence electrons. The highest BCUT2D eigenvalue weighted by atomic mass is 79.9. The number of benzene rings is 2. The first-order valence-electron chi connectivity index (χ1n) is 7.26. The van der Waals surface area contributed by atoms with E-state index in [1.165, 1.54) is 0 Å². The molecule has 0 fully saturated rings. The Balaban J connectivity index is 0.00000288. The van der Waals surface area contributed by atoms with Crippen LogP contribution in [-0.4, -0.2) is 43.9 Å². The number of likely N-dealkylation sites (N-methyl/N-ethyl adjacent to an activating group) is 1. The van der Waals surface area contributed by atoms with Gasteiger partial charge >= 0.3 is 0 Å². The number of hydrogen-bond donors (Lipinski definition) is 1. The van der Waals surface area contributed by atoms with E-state index in [0.29, 0.717) is 27.8 Å². The molecule has 6 heteroatoms. The zero-order valence-electron chi connectivity index (χ0n) is 13.8. The van der Waals surface area contributed by atoms with Crippen LogP contribution in [0.15, 0.2) is 53.0 Å². The number of hydrogen-bond acceptors (Lipinski definition) is 2. The van der Waals surface area contributed by atoms with Crippen LogP contribution in [0, 0.1) is 0 Å². The predicted molar refractivity (Wildman–Crippen MR) is 95.5 cm³/mol. The third kappa shape index (κ3) is 5.85. The highest BCUT2D eigenvalue weighted by Gasteiger charge is 2.19. The summed E-state index contributed by atoms with van der Waals surface area (Å²) in [5, 5.41) is 2.85. The summed E-state index contributed by atoms with van der Waals surface area (Å²) in [6.45, 7) is 0.328. The molecular weight excluding hydrogens is 436 g/mol. The smallest absolute Gasteiger partial charge is 0.279 e. The van der Waals surface area contributed by atoms with E-state index < -0.39 is 0 Å². The Morgan fingerprint density at radius 3 is 2.25 bits per heavy atom. The van der Waals surface area contributed by atoms with Gasteiger partial charge in [0.15, 0.2) is 12.3 Å². The molecule has 1 N–H and O–H groups in total. The summed E-state index contributed by atoms with van der Waals surface area (Å²) in [7, 11) is 5.82. The van der Waals surface area contributed by atoms with Gasteiger partial charge in [0.2, 0.25) is 0 Å². The Hall–Kier alpha value is -1.50. The number of anilines is 1. The van der Waals surface area contributed by atoms with Gasteiger partial charge in [-0.05, 0) is 18.2 Å². The van der Waals surface area contributed by atoms with E-state index >= 15 is 0 Å². The van der Waals surface area contributed by atoms with E-state index in [0.717, 1.165) is 4.47 Å². The van der Waals surface area contributed by atoms with Crippen molar-refractivity contribution in [2.45, 2.75) is 0 Å². The molecule has 2 aromatic rings. The van der Waals surface area contributed by atoms with Crippen LogP contribution in [0.1, 0.15) is 15.9 Å². The van der Waals surface area contributed by atoms with Gasteiger partial charge in [0, 0.05) is 15.6 Å². The molecule has 0 saturated heterocycles. The number of rotatable bonds is 5. The number of ketones is 1. The molecular formula is C18H20Br2N2O2. The SMILES string of the molecule is C[N+](C)(C)CC(=O)Nc1ccc(Br)cc1C(=O)c1ccccc1.[Br-]. The van der Waals surface area contributed by atoms with E-state index in [4.69, 9.17) is 0 Å². The Morgan fingerprint density at radius 1 is 1.04 bits per heavy atom. The fraction of sp³-hybridized carbons (Fsp3) is 0.222. The lowest BCUT2D eigenvalue weighted by Crippen LogP contribution is -3.00. The van der Waals surface area contributed by atoms with Crippen LogP contribution < -0.4 is 22.3 Å². The molecule has 4 nitrogen and oxygen atoms in total. The number of quaternary nitrogens is 1. The normalized spacial score (nSPS) is 10.7. The van der Waals surface area contributed by atoms with Crippen molar-refractivity contribution in [1.29, 1.82) is 0 Å². The van der Waals surface area contributed by atoms with Crippen LogP contribution >= 0.6 is 15.9 Å². The van der Waals surface area contributed by atoms with E-state index in [1.807, 2.05) is 45.4 Å². The van der Waals surface area contributed by atoms with Crippen molar-refractivity contribution in [3.8, 4) is 0 Å². The quantitative estimate of drug-likeness (QED) is 0.521. The lowest BCUT2D eigenvalue weighted by atomic mass is 10.0. The first-order chi connectivity index (χ1) is 10.8. The van der Waals surface area contributed by atoms with Gasteiger partial charge in [-0.1, -0.05) is 46.3 Å². The minimum Gasteiger partial charge on any atom is -1.00 e. The van der Waals surface area contributed by atoms with Crippen LogP contribution in [0.3, 0.4) is 0 Å². The molecule has 0 heterocycles. The summed E-state index contributed by atoms with van der Waals surface area (Å²) in [6.07, 6.45) is 0. The molecule has 2 aromatic carbocycles. The molecule has 0 aliphatic rings. The molecule has 0 spiro atoms. The zero-order chi connectivity index (χ0) is 17.0. The third-order valence-corrected chi connectivity index (χ3v) is 3.65. The molecule has 24 heavy (non-hydrogen) atoms. The maximum atomic E-state index is 12.7. The van der Waals surface area contributed by atoms with Crippen molar-refractivity contribution in [2.75, 3.05) is 33.0 Å². The van der Waals surface area contributed by atoms with Crippen LogP contribution in [0.2, 0.25) is 0 Å². The summed E-state index contributed by atoms with van der Waals surface area (Å²) >= 11 is 3.38. The summed E-state index contributed by atoms with van der Waals surface area (Å²) in [5.41, 5.74) is 1.59. The average molecular weight is 456 g/mol. The van der Waals surface area contributed by atoms with Gasteiger partial charge in [-0.25, -0.2) is 0 Å². The van der Waals surface area contributed by atoms with Crippen LogP contribution in [0.5, 0.6) is 0 Å². The molecule has 0 atom stereocenters. The van der Waals surface area contributed by atoms with E-state index in [9.17, 15) is 9.59 Å². The van der Waals surface area contributed by atoms with Crippen LogP contribution in [0.25, 0.3) is 0 Å². The van der Waals surface area contributed by atoms with E-state index in [2.05, 4.69) is 21.2 Å². The van der Waals surface area contributed by atoms with Gasteiger partial charge in [0.25, 0.3) is 5.91 Å². The van der Waals surface area contributed by atoms with Crippen LogP contribution in [-0.2, 0) is 4.79 Å². The number of nitrogens with one attached hydrogen (secondary N) is 1. The van der Waals surface area contributed by atoms with Crippen molar-refractivity contribution in [2.24, 2.45) is 0 Å². The van der Waals surface area contributed by atoms with Gasteiger partial charge in [0.1, 0.15) is 0 Å². The first-order valence-corrected chi connectivity index (χ1v) is 8.05. The van der Waals surface area contributed by atoms with E-state index in [1.54, 1.807) is 24.3 Å². The molecule has 0 unspecified atom stereocenters. The second-order valence-corrected chi connectivity index (χ2v) is 7.30. The Kier molecular flexibility index (Phi) is 7.32. The number of nitrogens with zero attached hydrogens (tertiary/aromatic N) is 1. The summed E-state index contributed by atoms with van der Waals surface area (Å²) in [6, 6.07) is 14.3. The van der Waals surface area contributed by atoms with Crippen molar-refractivity contribution in [3.63, 3.8) is 0 Å². The lowest BCUT2D eigenvalue weighted by Gasteiger charge is -2.23. The highest BCUT2D eigenvalue weighted by Crippen LogP contribution is 2.24. The van der Waals surface area contributed by atoms with Gasteiger partial charge in [-0.2, -0.15) is 0 Å². The van der Waals surface area contributed by atoms with Crippen molar-refractivity contribution in [3.05, 3.63) is 64.1 Å². The summed E-state index contributed by atoms with van der Waals surface area (Å²) in [5.74, 6) is -0.241. The number of carbonyl (C=O) groups is 2. The second-order valence-electron chi connectivity index (χ2n) is 6.38. The lowest BCUT2D eigenvalue weighted by molar-refractivity contribution is -0.861. The molecule has 0 saturated carbocycles. The molecule has 0 aliphatic heterocycles. The average Bonchev–Trinajstić information content (AvgIpc) is 2.47. The van der Waals surface area contributed by atoms with Crippen molar-refractivity contribution >= 4 is 33.3 Å². The molecule has 1 amide bonds. The molecule has 2 rings (SSSR count). The Morgan fingerprint density at radius 2 is 1.67 bits per heavy atom. The van der Waals surface area contributed by atoms with Crippen molar-refractivity contribution < 1.29 is 31.1 Å². The minimum atomic E-state index is -0.123. The summed E-state index contributed by atoms with van der Waals surface area (Å²) in [4.78, 5) is 24.9. The maximum absolute atomic E-state index is 12.7. The maximum Gasteiger partial charge on any atom is 0.279 e. The number of carbonyl (C=O) groups excluding carboxylic acids is 2. The Bertz CT molecular complexity index is 726. The second kappa shape index (κ2) is 8.55. The molecule has 0 aliphatic carbocycles. The fourth-order valence-corrected chi connectivity index (χ4v) is 2.54. The molecule has 0 aromatic heterocycles. The molecule has 0 radical (unpaired) electrons. The highest BCUT2D eigenvalue weighted by molar-refractivity contribution is 9.10. The fourth-order valence-electron chi connectivity index (χ4n) is 2.18. The Labute approximate surface area is 161 Å². The number of halogens is 2. The predicted octanol–water partition coefficient (Wildman–Crippen LogP) is 0.329. The standard InChI is InChI=1S/C18H19BrN2O2.BrH/c1-21(2,3)12-17(22)20-16-10-9-14(19)11-15(16)18(23)13-7-5-4-6-8-13;/h4-11H,12H2,1-3H3;1H. The third-order valence-electron chi connectivity index (χ3n) is 3.15. The van der Waals surface area contributed by atoms with Crippen molar-refractivity contribution in [1.82, 2.24) is 0 Å². The van der Waals surface area contributed by atoms with Crippen LogP contribution in [0.4, 0.5) is 5.69 Å². The monoisotopic (exact) mass is 454 g/mol. The summed E-state index contributed by atoms with van der Waals surface area (Å²) < 4.78 is 1.31. The van der Waals surface area contributed by atoms with Gasteiger partial charge in [0.05, 0.1) is 26.8 Å². The van der Waals surface area contributed by atoms with Gasteiger partial charge in [-0.3, -0.25) is 9.59 Å². The first kappa shape index (κ1) is 20.5. The van der Waals surface area contributed by atoms with E-state index in [-0.39, 0.29) is 28.7 Å². The minimum absolute atomic E-state index is 0. The molecule has 0 bridgehead atoms.